The fraction of sp³-hybridized carbons (Fsp3) is 0.417. The molecule has 2 rings (SSSR count). The van der Waals surface area contributed by atoms with Gasteiger partial charge in [-0.2, -0.15) is 0 Å². The Balaban J connectivity index is 2.75. The minimum Gasteiger partial charge on any atom is -0.330 e. The molecular formula is C12H17N3. The summed E-state index contributed by atoms with van der Waals surface area (Å²) in [6.07, 6.45) is 0. The van der Waals surface area contributed by atoms with Crippen LogP contribution in [0.15, 0.2) is 18.2 Å². The van der Waals surface area contributed by atoms with Crippen molar-refractivity contribution in [3.8, 4) is 0 Å². The molecule has 0 bridgehead atoms. The van der Waals surface area contributed by atoms with Gasteiger partial charge in [-0.05, 0) is 26.0 Å². The van der Waals surface area contributed by atoms with Crippen LogP contribution in [-0.4, -0.2) is 15.9 Å². The normalized spacial score (nSPS) is 13.3. The van der Waals surface area contributed by atoms with E-state index < -0.39 is 0 Å². The van der Waals surface area contributed by atoms with Crippen LogP contribution in [0.4, 0.5) is 0 Å². The van der Waals surface area contributed by atoms with Crippen LogP contribution < -0.4 is 5.73 Å². The highest BCUT2D eigenvalue weighted by Gasteiger charge is 2.11. The van der Waals surface area contributed by atoms with Gasteiger partial charge in [0.05, 0.1) is 11.2 Å². The second kappa shape index (κ2) is 3.66. The number of hydrogen-bond acceptors (Lipinski definition) is 2. The summed E-state index contributed by atoms with van der Waals surface area (Å²) < 4.78 is 2.20. The number of imidazole rings is 1. The van der Waals surface area contributed by atoms with Gasteiger partial charge in [-0.25, -0.2) is 4.98 Å². The maximum Gasteiger partial charge on any atom is 0.110 e. The second-order valence-corrected chi connectivity index (χ2v) is 4.05. The number of pyridine rings is 1. The quantitative estimate of drug-likeness (QED) is 0.811. The molecule has 0 amide bonds. The lowest BCUT2D eigenvalue weighted by Gasteiger charge is -2.12. The molecule has 0 aromatic carbocycles. The van der Waals surface area contributed by atoms with Crippen LogP contribution >= 0.6 is 0 Å². The molecule has 0 fully saturated rings. The van der Waals surface area contributed by atoms with E-state index >= 15 is 0 Å². The minimum absolute atomic E-state index is 0.362. The number of hydrogen-bond donors (Lipinski definition) is 1. The van der Waals surface area contributed by atoms with Crippen LogP contribution in [0.3, 0.4) is 0 Å². The molecule has 0 aliphatic rings. The lowest BCUT2D eigenvalue weighted by atomic mass is 10.1. The molecule has 2 N–H and O–H groups in total. The lowest BCUT2D eigenvalue weighted by Crippen LogP contribution is -2.12. The Kier molecular flexibility index (Phi) is 2.49. The van der Waals surface area contributed by atoms with E-state index in [4.69, 9.17) is 5.73 Å². The molecule has 0 spiro atoms. The lowest BCUT2D eigenvalue weighted by molar-refractivity contribution is 0.724. The Bertz CT molecular complexity index is 485. The predicted octanol–water partition coefficient (Wildman–Crippen LogP) is 2.01. The van der Waals surface area contributed by atoms with Crippen LogP contribution in [-0.2, 0) is 0 Å². The number of rotatable bonds is 2. The van der Waals surface area contributed by atoms with Crippen molar-refractivity contribution in [3.63, 3.8) is 0 Å². The maximum atomic E-state index is 5.72. The Hall–Kier alpha value is -1.35. The number of nitrogens with two attached hydrogens (primary N) is 1. The first-order chi connectivity index (χ1) is 7.15. The Morgan fingerprint density at radius 2 is 2.13 bits per heavy atom. The van der Waals surface area contributed by atoms with E-state index in [0.29, 0.717) is 12.5 Å². The molecule has 0 saturated heterocycles. The molecule has 80 valence electrons. The SMILES string of the molecule is Cc1nc(C)n2c(C(C)CN)cccc12. The van der Waals surface area contributed by atoms with Crippen molar-refractivity contribution >= 4 is 5.52 Å². The summed E-state index contributed by atoms with van der Waals surface area (Å²) >= 11 is 0. The van der Waals surface area contributed by atoms with Crippen LogP contribution in [0.5, 0.6) is 0 Å². The molecule has 1 atom stereocenters. The highest BCUT2D eigenvalue weighted by Crippen LogP contribution is 2.20. The molecule has 3 nitrogen and oxygen atoms in total. The zero-order valence-corrected chi connectivity index (χ0v) is 9.49. The van der Waals surface area contributed by atoms with Gasteiger partial charge in [0.25, 0.3) is 0 Å². The summed E-state index contributed by atoms with van der Waals surface area (Å²) in [6.45, 7) is 6.88. The topological polar surface area (TPSA) is 43.3 Å². The molecule has 0 aliphatic heterocycles. The summed E-state index contributed by atoms with van der Waals surface area (Å²) in [7, 11) is 0. The van der Waals surface area contributed by atoms with Crippen molar-refractivity contribution in [1.82, 2.24) is 9.38 Å². The molecular weight excluding hydrogens is 186 g/mol. The van der Waals surface area contributed by atoms with Gasteiger partial charge in [0.1, 0.15) is 5.82 Å². The number of nitrogens with zero attached hydrogens (tertiary/aromatic N) is 2. The van der Waals surface area contributed by atoms with Crippen molar-refractivity contribution in [2.45, 2.75) is 26.7 Å². The average Bonchev–Trinajstić information content (AvgIpc) is 2.54. The molecule has 15 heavy (non-hydrogen) atoms. The van der Waals surface area contributed by atoms with E-state index in [9.17, 15) is 0 Å². The fourth-order valence-electron chi connectivity index (χ4n) is 2.02. The average molecular weight is 203 g/mol. The Labute approximate surface area is 89.9 Å². The van der Waals surface area contributed by atoms with Gasteiger partial charge in [-0.15, -0.1) is 0 Å². The van der Waals surface area contributed by atoms with Crippen LogP contribution in [0.25, 0.3) is 5.52 Å². The van der Waals surface area contributed by atoms with E-state index in [1.165, 1.54) is 11.2 Å². The molecule has 0 radical (unpaired) electrons. The predicted molar refractivity (Wildman–Crippen MR) is 62.1 cm³/mol. The van der Waals surface area contributed by atoms with Crippen molar-refractivity contribution in [3.05, 3.63) is 35.4 Å². The number of aryl methyl sites for hydroxylation is 2. The minimum atomic E-state index is 0.362. The van der Waals surface area contributed by atoms with E-state index in [2.05, 4.69) is 34.5 Å². The van der Waals surface area contributed by atoms with E-state index in [-0.39, 0.29) is 0 Å². The number of fused-ring (bicyclic) bond motifs is 1. The third-order valence-electron chi connectivity index (χ3n) is 2.90. The van der Waals surface area contributed by atoms with Crippen molar-refractivity contribution in [2.75, 3.05) is 6.54 Å². The van der Waals surface area contributed by atoms with Crippen molar-refractivity contribution in [2.24, 2.45) is 5.73 Å². The van der Waals surface area contributed by atoms with Crippen LogP contribution in [0, 0.1) is 13.8 Å². The zero-order chi connectivity index (χ0) is 11.0. The van der Waals surface area contributed by atoms with Crippen LogP contribution in [0.2, 0.25) is 0 Å². The van der Waals surface area contributed by atoms with Gasteiger partial charge in [0.15, 0.2) is 0 Å². The third kappa shape index (κ3) is 1.53. The van der Waals surface area contributed by atoms with Crippen molar-refractivity contribution < 1.29 is 0 Å². The molecule has 1 unspecified atom stereocenters. The molecule has 2 heterocycles. The smallest absolute Gasteiger partial charge is 0.110 e. The summed E-state index contributed by atoms with van der Waals surface area (Å²) in [5, 5.41) is 0. The van der Waals surface area contributed by atoms with Gasteiger partial charge in [0, 0.05) is 18.2 Å². The van der Waals surface area contributed by atoms with Gasteiger partial charge in [-0.3, -0.25) is 0 Å². The maximum absolute atomic E-state index is 5.72. The van der Waals surface area contributed by atoms with E-state index in [1.807, 2.05) is 13.8 Å². The first-order valence-electron chi connectivity index (χ1n) is 5.29. The van der Waals surface area contributed by atoms with Gasteiger partial charge >= 0.3 is 0 Å². The summed E-state index contributed by atoms with van der Waals surface area (Å²) in [5.74, 6) is 1.40. The van der Waals surface area contributed by atoms with Gasteiger partial charge in [0.2, 0.25) is 0 Å². The monoisotopic (exact) mass is 203 g/mol. The standard InChI is InChI=1S/C12H17N3/c1-8(7-13)11-5-4-6-12-9(2)14-10(3)15(11)12/h4-6,8H,7,13H2,1-3H3. The molecule has 2 aromatic rings. The van der Waals surface area contributed by atoms with Crippen LogP contribution in [0.1, 0.15) is 30.1 Å². The van der Waals surface area contributed by atoms with E-state index in [1.54, 1.807) is 0 Å². The Morgan fingerprint density at radius 3 is 2.80 bits per heavy atom. The molecule has 3 heteroatoms. The zero-order valence-electron chi connectivity index (χ0n) is 9.49. The van der Waals surface area contributed by atoms with E-state index in [0.717, 1.165) is 11.5 Å². The summed E-state index contributed by atoms with van der Waals surface area (Å²) in [6, 6.07) is 6.30. The highest BCUT2D eigenvalue weighted by molar-refractivity contribution is 5.54. The fourth-order valence-corrected chi connectivity index (χ4v) is 2.02. The molecule has 0 aliphatic carbocycles. The highest BCUT2D eigenvalue weighted by atomic mass is 15.0. The second-order valence-electron chi connectivity index (χ2n) is 4.05. The first-order valence-corrected chi connectivity index (χ1v) is 5.29. The summed E-state index contributed by atoms with van der Waals surface area (Å²) in [5.41, 5.74) is 9.23. The van der Waals surface area contributed by atoms with Gasteiger partial charge < -0.3 is 10.1 Å². The Morgan fingerprint density at radius 1 is 1.40 bits per heavy atom. The molecule has 0 saturated carbocycles. The van der Waals surface area contributed by atoms with Gasteiger partial charge in [-0.1, -0.05) is 13.0 Å². The number of aromatic nitrogens is 2. The molecule has 2 aromatic heterocycles. The first kappa shape index (κ1) is 10.2. The summed E-state index contributed by atoms with van der Waals surface area (Å²) in [4.78, 5) is 4.49. The largest absolute Gasteiger partial charge is 0.330 e. The van der Waals surface area contributed by atoms with Crippen molar-refractivity contribution in [1.29, 1.82) is 0 Å². The third-order valence-corrected chi connectivity index (χ3v) is 2.90.